The molecule has 0 spiro atoms. The number of benzene rings is 3. The van der Waals surface area contributed by atoms with Crippen molar-refractivity contribution in [3.05, 3.63) is 94.4 Å². The Balaban J connectivity index is 1.85. The van der Waals surface area contributed by atoms with Gasteiger partial charge in [-0.25, -0.2) is 0 Å². The van der Waals surface area contributed by atoms with Crippen LogP contribution in [0.4, 0.5) is 0 Å². The van der Waals surface area contributed by atoms with E-state index in [2.05, 4.69) is 4.57 Å². The number of nitrogens with zero attached hydrogens (tertiary/aromatic N) is 1. The van der Waals surface area contributed by atoms with Crippen molar-refractivity contribution in [1.82, 2.24) is 4.57 Å². The third-order valence-electron chi connectivity index (χ3n) is 5.33. The molecule has 2 heterocycles. The summed E-state index contributed by atoms with van der Waals surface area (Å²) in [4.78, 5) is 12.1. The van der Waals surface area contributed by atoms with Crippen LogP contribution >= 0.6 is 23.2 Å². The zero-order valence-corrected chi connectivity index (χ0v) is 17.2. The standard InChI is InChI=1S/C24H16Cl2N2O2/c25-18-4-2-5-19(26)22(18)15-7-8-16-21(11-15)28(12-14-9-10-30-13-14)20-6-1-3-17(23(16)20)24(27)29/h1-11,13H,12H2,(H2,27,29). The molecule has 1 amide bonds. The molecule has 4 nitrogen and oxygen atoms in total. The smallest absolute Gasteiger partial charge is 0.249 e. The lowest BCUT2D eigenvalue weighted by Crippen LogP contribution is -2.11. The zero-order chi connectivity index (χ0) is 20.8. The van der Waals surface area contributed by atoms with Crippen LogP contribution in [0.2, 0.25) is 10.0 Å². The monoisotopic (exact) mass is 434 g/mol. The number of primary amides is 1. The topological polar surface area (TPSA) is 61.2 Å². The number of amides is 1. The Hall–Kier alpha value is -3.21. The minimum atomic E-state index is -0.457. The molecule has 0 aliphatic heterocycles. The highest BCUT2D eigenvalue weighted by atomic mass is 35.5. The summed E-state index contributed by atoms with van der Waals surface area (Å²) in [5.74, 6) is -0.457. The van der Waals surface area contributed by atoms with Crippen LogP contribution in [0.5, 0.6) is 0 Å². The van der Waals surface area contributed by atoms with Gasteiger partial charge in [-0.1, -0.05) is 47.5 Å². The van der Waals surface area contributed by atoms with E-state index in [1.54, 1.807) is 18.6 Å². The molecule has 0 unspecified atom stereocenters. The van der Waals surface area contributed by atoms with Crippen molar-refractivity contribution < 1.29 is 9.21 Å². The lowest BCUT2D eigenvalue weighted by atomic mass is 10.0. The fraction of sp³-hybridized carbons (Fsp3) is 0.0417. The lowest BCUT2D eigenvalue weighted by Gasteiger charge is -2.10. The second kappa shape index (κ2) is 7.24. The molecule has 0 bridgehead atoms. The van der Waals surface area contributed by atoms with Crippen LogP contribution in [0.1, 0.15) is 15.9 Å². The van der Waals surface area contributed by atoms with E-state index >= 15 is 0 Å². The number of carbonyl (C=O) groups excluding carboxylic acids is 1. The molecular formula is C24H16Cl2N2O2. The summed E-state index contributed by atoms with van der Waals surface area (Å²) in [7, 11) is 0. The van der Waals surface area contributed by atoms with Gasteiger partial charge in [-0.15, -0.1) is 0 Å². The number of hydrogen-bond acceptors (Lipinski definition) is 2. The first-order valence-electron chi connectivity index (χ1n) is 9.35. The van der Waals surface area contributed by atoms with Crippen molar-refractivity contribution in [3.8, 4) is 11.1 Å². The summed E-state index contributed by atoms with van der Waals surface area (Å²) >= 11 is 12.9. The van der Waals surface area contributed by atoms with Gasteiger partial charge in [0.25, 0.3) is 0 Å². The van der Waals surface area contributed by atoms with Gasteiger partial charge >= 0.3 is 0 Å². The predicted molar refractivity (Wildman–Crippen MR) is 121 cm³/mol. The highest BCUT2D eigenvalue weighted by Crippen LogP contribution is 2.39. The van der Waals surface area contributed by atoms with Gasteiger partial charge in [0.1, 0.15) is 0 Å². The molecule has 0 saturated heterocycles. The Morgan fingerprint density at radius 3 is 2.43 bits per heavy atom. The number of carbonyl (C=O) groups is 1. The number of fused-ring (bicyclic) bond motifs is 3. The summed E-state index contributed by atoms with van der Waals surface area (Å²) < 4.78 is 7.40. The average Bonchev–Trinajstić information content (AvgIpc) is 3.35. The van der Waals surface area contributed by atoms with Gasteiger partial charge in [-0.3, -0.25) is 4.79 Å². The molecule has 0 saturated carbocycles. The molecule has 0 fully saturated rings. The summed E-state index contributed by atoms with van der Waals surface area (Å²) in [6.45, 7) is 0.582. The van der Waals surface area contributed by atoms with Crippen molar-refractivity contribution in [2.45, 2.75) is 6.54 Å². The maximum atomic E-state index is 12.1. The third kappa shape index (κ3) is 2.96. The van der Waals surface area contributed by atoms with Crippen LogP contribution < -0.4 is 5.73 Å². The lowest BCUT2D eigenvalue weighted by molar-refractivity contribution is 0.100. The Bertz CT molecular complexity index is 1400. The molecule has 0 aliphatic rings. The van der Waals surface area contributed by atoms with E-state index in [4.69, 9.17) is 33.4 Å². The molecule has 0 atom stereocenters. The number of aromatic nitrogens is 1. The van der Waals surface area contributed by atoms with E-state index < -0.39 is 5.91 Å². The van der Waals surface area contributed by atoms with Gasteiger partial charge in [-0.2, -0.15) is 0 Å². The highest BCUT2D eigenvalue weighted by molar-refractivity contribution is 6.39. The number of rotatable bonds is 4. The Kier molecular flexibility index (Phi) is 4.54. The SMILES string of the molecule is NC(=O)c1cccc2c1c1ccc(-c3c(Cl)cccc3Cl)cc1n2Cc1ccoc1. The summed E-state index contributed by atoms with van der Waals surface area (Å²) in [5, 5.41) is 2.93. The van der Waals surface area contributed by atoms with Crippen molar-refractivity contribution in [2.75, 3.05) is 0 Å². The fourth-order valence-corrected chi connectivity index (χ4v) is 4.63. The van der Waals surface area contributed by atoms with E-state index in [0.29, 0.717) is 22.2 Å². The molecule has 148 valence electrons. The van der Waals surface area contributed by atoms with Gasteiger partial charge in [-0.05, 0) is 42.0 Å². The van der Waals surface area contributed by atoms with Crippen LogP contribution in [0.25, 0.3) is 32.9 Å². The number of furan rings is 1. The van der Waals surface area contributed by atoms with Gasteiger partial charge in [0.05, 0.1) is 30.1 Å². The summed E-state index contributed by atoms with van der Waals surface area (Å²) in [6.07, 6.45) is 3.36. The van der Waals surface area contributed by atoms with Crippen LogP contribution in [-0.2, 0) is 6.54 Å². The average molecular weight is 435 g/mol. The van der Waals surface area contributed by atoms with Crippen molar-refractivity contribution >= 4 is 50.9 Å². The summed E-state index contributed by atoms with van der Waals surface area (Å²) in [5.41, 5.74) is 10.7. The molecule has 5 rings (SSSR count). The van der Waals surface area contributed by atoms with Gasteiger partial charge in [0.15, 0.2) is 0 Å². The minimum Gasteiger partial charge on any atom is -0.472 e. The van der Waals surface area contributed by atoms with Crippen LogP contribution in [0.15, 0.2) is 77.6 Å². The maximum Gasteiger partial charge on any atom is 0.249 e. The maximum absolute atomic E-state index is 12.1. The van der Waals surface area contributed by atoms with E-state index in [0.717, 1.165) is 38.5 Å². The fourth-order valence-electron chi connectivity index (χ4n) is 4.01. The molecule has 2 N–H and O–H groups in total. The Morgan fingerprint density at radius 2 is 1.73 bits per heavy atom. The van der Waals surface area contributed by atoms with Crippen molar-refractivity contribution in [2.24, 2.45) is 5.73 Å². The molecule has 6 heteroatoms. The quantitative estimate of drug-likeness (QED) is 0.350. The van der Waals surface area contributed by atoms with Gasteiger partial charge < -0.3 is 14.7 Å². The molecule has 3 aromatic carbocycles. The third-order valence-corrected chi connectivity index (χ3v) is 5.96. The van der Waals surface area contributed by atoms with Gasteiger partial charge in [0.2, 0.25) is 5.91 Å². The van der Waals surface area contributed by atoms with E-state index in [9.17, 15) is 4.79 Å². The Labute approximate surface area is 182 Å². The Morgan fingerprint density at radius 1 is 0.967 bits per heavy atom. The molecule has 5 aromatic rings. The summed E-state index contributed by atoms with van der Waals surface area (Å²) in [6, 6.07) is 19.0. The predicted octanol–water partition coefficient (Wildman–Crippen LogP) is 6.51. The molecule has 0 radical (unpaired) electrons. The van der Waals surface area contributed by atoms with Crippen molar-refractivity contribution in [3.63, 3.8) is 0 Å². The van der Waals surface area contributed by atoms with Crippen LogP contribution in [-0.4, -0.2) is 10.5 Å². The first kappa shape index (κ1) is 18.8. The zero-order valence-electron chi connectivity index (χ0n) is 15.7. The second-order valence-corrected chi connectivity index (χ2v) is 7.92. The molecule has 0 aliphatic carbocycles. The van der Waals surface area contributed by atoms with Crippen molar-refractivity contribution in [1.29, 1.82) is 0 Å². The molecule has 2 aromatic heterocycles. The normalized spacial score (nSPS) is 11.4. The molecular weight excluding hydrogens is 419 g/mol. The van der Waals surface area contributed by atoms with Gasteiger partial charge in [0, 0.05) is 37.5 Å². The minimum absolute atomic E-state index is 0.457. The largest absolute Gasteiger partial charge is 0.472 e. The number of halogens is 2. The van der Waals surface area contributed by atoms with E-state index in [1.165, 1.54) is 0 Å². The molecule has 30 heavy (non-hydrogen) atoms. The number of nitrogens with two attached hydrogens (primary N) is 1. The van der Waals surface area contributed by atoms with Crippen LogP contribution in [0.3, 0.4) is 0 Å². The highest BCUT2D eigenvalue weighted by Gasteiger charge is 2.18. The van der Waals surface area contributed by atoms with E-state index in [1.807, 2.05) is 54.6 Å². The van der Waals surface area contributed by atoms with E-state index in [-0.39, 0.29) is 0 Å². The number of hydrogen-bond donors (Lipinski definition) is 1. The second-order valence-electron chi connectivity index (χ2n) is 7.11. The van der Waals surface area contributed by atoms with Crippen LogP contribution in [0, 0.1) is 0 Å². The first-order chi connectivity index (χ1) is 14.5. The first-order valence-corrected chi connectivity index (χ1v) is 10.1.